The maximum Gasteiger partial charge on any atom is 0.439 e. The number of hydrogen-bond acceptors (Lipinski definition) is 5. The van der Waals surface area contributed by atoms with Crippen LogP contribution in [0.5, 0.6) is 0 Å². The number of aromatic nitrogens is 5. The fourth-order valence-electron chi connectivity index (χ4n) is 2.26. The first kappa shape index (κ1) is 12.8. The second-order valence-electron chi connectivity index (χ2n) is 4.63. The molecule has 3 aromatic heterocycles. The first-order valence-electron chi connectivity index (χ1n) is 6.36. The summed E-state index contributed by atoms with van der Waals surface area (Å²) in [5.41, 5.74) is 2.84. The van der Waals surface area contributed by atoms with Gasteiger partial charge < -0.3 is 4.98 Å². The van der Waals surface area contributed by atoms with Crippen molar-refractivity contribution in [3.63, 3.8) is 0 Å². The average Bonchev–Trinajstić information content (AvgIpc) is 3.16. The van der Waals surface area contributed by atoms with Gasteiger partial charge in [0, 0.05) is 17.1 Å². The first-order chi connectivity index (χ1) is 10.7. The molecule has 0 aliphatic rings. The largest absolute Gasteiger partial charge is 0.439 e. The van der Waals surface area contributed by atoms with Crippen LogP contribution in [0.2, 0.25) is 5.02 Å². The van der Waals surface area contributed by atoms with Crippen molar-refractivity contribution in [2.45, 2.75) is 0 Å². The van der Waals surface area contributed by atoms with Crippen molar-refractivity contribution in [2.24, 2.45) is 0 Å². The molecule has 0 unspecified atom stereocenters. The monoisotopic (exact) mass is 313 g/mol. The molecule has 0 spiro atoms. The quantitative estimate of drug-likeness (QED) is 0.592. The fourth-order valence-corrected chi connectivity index (χ4v) is 2.54. The van der Waals surface area contributed by atoms with Gasteiger partial charge in [-0.15, -0.1) is 0 Å². The van der Waals surface area contributed by atoms with Gasteiger partial charge in [-0.1, -0.05) is 16.8 Å². The van der Waals surface area contributed by atoms with Crippen LogP contribution < -0.4 is 5.76 Å². The van der Waals surface area contributed by atoms with E-state index in [4.69, 9.17) is 11.6 Å². The van der Waals surface area contributed by atoms with Gasteiger partial charge in [0.25, 0.3) is 0 Å². The molecule has 0 atom stereocenters. The molecule has 22 heavy (non-hydrogen) atoms. The van der Waals surface area contributed by atoms with E-state index in [0.717, 1.165) is 16.5 Å². The number of aromatic amines is 2. The Bertz CT molecular complexity index is 1030. The molecule has 4 rings (SSSR count). The molecule has 8 heteroatoms. The third-order valence-electron chi connectivity index (χ3n) is 3.26. The molecule has 0 amide bonds. The van der Waals surface area contributed by atoms with Gasteiger partial charge in [0.1, 0.15) is 12.0 Å². The number of benzene rings is 1. The molecule has 1 aromatic carbocycles. The van der Waals surface area contributed by atoms with E-state index in [9.17, 15) is 4.79 Å². The minimum atomic E-state index is -0.632. The lowest BCUT2D eigenvalue weighted by molar-refractivity contribution is 0.387. The van der Waals surface area contributed by atoms with Gasteiger partial charge in [-0.05, 0) is 24.3 Å². The van der Waals surface area contributed by atoms with Gasteiger partial charge in [-0.25, -0.2) is 14.8 Å². The van der Waals surface area contributed by atoms with Crippen molar-refractivity contribution in [2.75, 3.05) is 0 Å². The van der Waals surface area contributed by atoms with Crippen molar-refractivity contribution < 1.29 is 4.52 Å². The van der Waals surface area contributed by atoms with Crippen LogP contribution >= 0.6 is 11.6 Å². The molecule has 0 fully saturated rings. The summed E-state index contributed by atoms with van der Waals surface area (Å²) >= 11 is 6.26. The number of halogens is 1. The van der Waals surface area contributed by atoms with E-state index in [2.05, 4.69) is 29.6 Å². The average molecular weight is 314 g/mol. The van der Waals surface area contributed by atoms with Crippen molar-refractivity contribution in [3.8, 4) is 22.8 Å². The molecule has 0 aliphatic carbocycles. The maximum absolute atomic E-state index is 11.0. The van der Waals surface area contributed by atoms with Crippen LogP contribution in [0.4, 0.5) is 0 Å². The van der Waals surface area contributed by atoms with E-state index in [0.29, 0.717) is 16.4 Å². The van der Waals surface area contributed by atoms with Gasteiger partial charge in [0.15, 0.2) is 0 Å². The highest BCUT2D eigenvalue weighted by molar-refractivity contribution is 6.35. The van der Waals surface area contributed by atoms with E-state index in [1.54, 1.807) is 6.07 Å². The van der Waals surface area contributed by atoms with Crippen LogP contribution in [0.1, 0.15) is 0 Å². The van der Waals surface area contributed by atoms with Crippen molar-refractivity contribution >= 4 is 22.5 Å². The lowest BCUT2D eigenvalue weighted by Crippen LogP contribution is -1.96. The summed E-state index contributed by atoms with van der Waals surface area (Å²) in [6.07, 6.45) is 3.22. The summed E-state index contributed by atoms with van der Waals surface area (Å²) in [5.74, 6) is -0.380. The summed E-state index contributed by atoms with van der Waals surface area (Å²) in [6.45, 7) is 0. The smallest absolute Gasteiger partial charge is 0.360 e. The predicted molar refractivity (Wildman–Crippen MR) is 80.5 cm³/mol. The molecular formula is C14H8ClN5O2. The SMILES string of the molecule is O=c1[nH]c(-c2cc(-c3cc(Cl)c4[nH]ccc4c3)ncn2)no1. The Morgan fingerprint density at radius 3 is 2.82 bits per heavy atom. The molecule has 0 saturated carbocycles. The lowest BCUT2D eigenvalue weighted by atomic mass is 10.1. The Labute approximate surface area is 128 Å². The third kappa shape index (κ3) is 2.08. The standard InChI is InChI=1S/C14H8ClN5O2/c15-9-4-8(3-7-1-2-16-12(7)9)10-5-11(18-6-17-10)13-19-14(21)22-20-13/h1-6,16H,(H,19,20,21). The Morgan fingerprint density at radius 1 is 1.14 bits per heavy atom. The molecule has 4 aromatic rings. The normalized spacial score (nSPS) is 11.1. The summed E-state index contributed by atoms with van der Waals surface area (Å²) in [6, 6.07) is 7.42. The minimum absolute atomic E-state index is 0.252. The van der Waals surface area contributed by atoms with Crippen LogP contribution in [0.25, 0.3) is 33.7 Å². The Balaban J connectivity index is 1.86. The summed E-state index contributed by atoms with van der Waals surface area (Å²) in [5, 5.41) is 5.20. The maximum atomic E-state index is 11.0. The van der Waals surface area contributed by atoms with Crippen molar-refractivity contribution in [1.29, 1.82) is 0 Å². The molecule has 3 heterocycles. The number of nitrogens with zero attached hydrogens (tertiary/aromatic N) is 3. The minimum Gasteiger partial charge on any atom is -0.360 e. The predicted octanol–water partition coefficient (Wildman–Crippen LogP) is 2.62. The molecular weight excluding hydrogens is 306 g/mol. The number of H-pyrrole nitrogens is 2. The van der Waals surface area contributed by atoms with E-state index < -0.39 is 5.76 Å². The molecule has 0 radical (unpaired) electrons. The zero-order valence-corrected chi connectivity index (χ0v) is 11.8. The van der Waals surface area contributed by atoms with Gasteiger partial charge in [0.05, 0.1) is 16.2 Å². The fraction of sp³-hybridized carbons (Fsp3) is 0. The molecule has 0 bridgehead atoms. The van der Waals surface area contributed by atoms with Crippen LogP contribution in [-0.2, 0) is 0 Å². The number of nitrogens with one attached hydrogen (secondary N) is 2. The third-order valence-corrected chi connectivity index (χ3v) is 3.56. The zero-order chi connectivity index (χ0) is 15.1. The van der Waals surface area contributed by atoms with Gasteiger partial charge in [-0.3, -0.25) is 9.51 Å². The Morgan fingerprint density at radius 2 is 2.00 bits per heavy atom. The molecule has 2 N–H and O–H groups in total. The number of hydrogen-bond donors (Lipinski definition) is 2. The lowest BCUT2D eigenvalue weighted by Gasteiger charge is -2.04. The molecule has 0 aliphatic heterocycles. The zero-order valence-electron chi connectivity index (χ0n) is 11.0. The molecule has 108 valence electrons. The highest BCUT2D eigenvalue weighted by Crippen LogP contribution is 2.29. The second-order valence-corrected chi connectivity index (χ2v) is 5.04. The second kappa shape index (κ2) is 4.81. The Hall–Kier alpha value is -2.93. The van der Waals surface area contributed by atoms with E-state index in [-0.39, 0.29) is 5.82 Å². The van der Waals surface area contributed by atoms with Gasteiger partial charge in [0.2, 0.25) is 5.82 Å². The van der Waals surface area contributed by atoms with Crippen molar-refractivity contribution in [1.82, 2.24) is 25.1 Å². The molecule has 0 saturated heterocycles. The highest BCUT2D eigenvalue weighted by atomic mass is 35.5. The Kier molecular flexibility index (Phi) is 2.80. The van der Waals surface area contributed by atoms with E-state index >= 15 is 0 Å². The van der Waals surface area contributed by atoms with Crippen LogP contribution in [0.15, 0.2) is 46.1 Å². The van der Waals surface area contributed by atoms with Crippen LogP contribution in [0.3, 0.4) is 0 Å². The van der Waals surface area contributed by atoms with Gasteiger partial charge in [-0.2, -0.15) is 0 Å². The van der Waals surface area contributed by atoms with E-state index in [1.165, 1.54) is 6.33 Å². The van der Waals surface area contributed by atoms with Crippen LogP contribution in [0, 0.1) is 0 Å². The first-order valence-corrected chi connectivity index (χ1v) is 6.74. The summed E-state index contributed by atoms with van der Waals surface area (Å²) < 4.78 is 4.48. The number of fused-ring (bicyclic) bond motifs is 1. The highest BCUT2D eigenvalue weighted by Gasteiger charge is 2.10. The summed E-state index contributed by atoms with van der Waals surface area (Å²) in [7, 11) is 0. The summed E-state index contributed by atoms with van der Waals surface area (Å²) in [4.78, 5) is 24.9. The number of rotatable bonds is 2. The van der Waals surface area contributed by atoms with Gasteiger partial charge >= 0.3 is 5.76 Å². The topological polar surface area (TPSA) is 100 Å². The van der Waals surface area contributed by atoms with Crippen molar-refractivity contribution in [3.05, 3.63) is 52.4 Å². The molecule has 7 nitrogen and oxygen atoms in total. The van der Waals surface area contributed by atoms with Crippen LogP contribution in [-0.4, -0.2) is 25.1 Å². The van der Waals surface area contributed by atoms with E-state index in [1.807, 2.05) is 24.4 Å².